The lowest BCUT2D eigenvalue weighted by molar-refractivity contribution is -0.126. The van der Waals surface area contributed by atoms with E-state index in [0.717, 1.165) is 23.4 Å². The first kappa shape index (κ1) is 19.1. The van der Waals surface area contributed by atoms with E-state index in [1.54, 1.807) is 4.90 Å². The summed E-state index contributed by atoms with van der Waals surface area (Å²) in [6, 6.07) is 16.0. The number of nitrogens with zero attached hydrogens (tertiary/aromatic N) is 2. The standard InChI is InChI=1S/C22H27N3O2/c1-16-8-10-20(11-9-16)25-15-19(12-21(25)26)22(27)23-13-17-6-4-5-7-18(17)14-24(2)3/h4-11,19H,12-15H2,1-3H3,(H,23,27)/t19-/m1/s1. The first-order chi connectivity index (χ1) is 12.9. The molecule has 1 aliphatic rings. The van der Waals surface area contributed by atoms with Gasteiger partial charge in [0, 0.05) is 31.7 Å². The molecule has 1 heterocycles. The van der Waals surface area contributed by atoms with Gasteiger partial charge in [0.2, 0.25) is 11.8 Å². The molecule has 1 aliphatic heterocycles. The van der Waals surface area contributed by atoms with Gasteiger partial charge in [0.25, 0.3) is 0 Å². The maximum Gasteiger partial charge on any atom is 0.227 e. The molecule has 0 saturated carbocycles. The second kappa shape index (κ2) is 8.35. The molecule has 3 rings (SSSR count). The van der Waals surface area contributed by atoms with Crippen molar-refractivity contribution in [3.63, 3.8) is 0 Å². The number of rotatable bonds is 6. The molecule has 1 N–H and O–H groups in total. The van der Waals surface area contributed by atoms with Crippen LogP contribution in [0.2, 0.25) is 0 Å². The molecule has 2 aromatic rings. The number of carbonyl (C=O) groups is 2. The van der Waals surface area contributed by atoms with Crippen LogP contribution in [0.4, 0.5) is 5.69 Å². The summed E-state index contributed by atoms with van der Waals surface area (Å²) in [6.45, 7) is 3.76. The molecule has 1 fully saturated rings. The zero-order valence-electron chi connectivity index (χ0n) is 16.2. The highest BCUT2D eigenvalue weighted by Gasteiger charge is 2.34. The zero-order chi connectivity index (χ0) is 19.4. The Kier molecular flexibility index (Phi) is 5.91. The minimum atomic E-state index is -0.306. The number of amides is 2. The Morgan fingerprint density at radius 1 is 1.11 bits per heavy atom. The lowest BCUT2D eigenvalue weighted by atomic mass is 10.1. The molecule has 0 aromatic heterocycles. The molecule has 0 bridgehead atoms. The van der Waals surface area contributed by atoms with E-state index in [-0.39, 0.29) is 24.2 Å². The fraction of sp³-hybridized carbons (Fsp3) is 0.364. The third-order valence-corrected chi connectivity index (χ3v) is 4.90. The van der Waals surface area contributed by atoms with Crippen LogP contribution in [0, 0.1) is 12.8 Å². The quantitative estimate of drug-likeness (QED) is 0.856. The molecule has 0 spiro atoms. The molecule has 2 aromatic carbocycles. The number of benzene rings is 2. The fourth-order valence-corrected chi connectivity index (χ4v) is 3.41. The third kappa shape index (κ3) is 4.74. The summed E-state index contributed by atoms with van der Waals surface area (Å²) in [4.78, 5) is 28.8. The van der Waals surface area contributed by atoms with Crippen LogP contribution in [-0.4, -0.2) is 37.4 Å². The van der Waals surface area contributed by atoms with Crippen molar-refractivity contribution in [1.82, 2.24) is 10.2 Å². The predicted molar refractivity (Wildman–Crippen MR) is 107 cm³/mol. The molecule has 2 amide bonds. The van der Waals surface area contributed by atoms with E-state index in [4.69, 9.17) is 0 Å². The minimum absolute atomic E-state index is 0.00649. The summed E-state index contributed by atoms with van der Waals surface area (Å²) in [7, 11) is 4.05. The van der Waals surface area contributed by atoms with E-state index in [0.29, 0.717) is 13.1 Å². The van der Waals surface area contributed by atoms with Crippen LogP contribution in [0.15, 0.2) is 48.5 Å². The van der Waals surface area contributed by atoms with E-state index >= 15 is 0 Å². The van der Waals surface area contributed by atoms with E-state index in [1.807, 2.05) is 63.5 Å². The molecule has 1 atom stereocenters. The average Bonchev–Trinajstić information content (AvgIpc) is 3.03. The van der Waals surface area contributed by atoms with Crippen molar-refractivity contribution in [2.45, 2.75) is 26.4 Å². The number of hydrogen-bond acceptors (Lipinski definition) is 3. The van der Waals surface area contributed by atoms with Gasteiger partial charge >= 0.3 is 0 Å². The van der Waals surface area contributed by atoms with Crippen molar-refractivity contribution in [2.75, 3.05) is 25.5 Å². The Morgan fingerprint density at radius 3 is 2.44 bits per heavy atom. The van der Waals surface area contributed by atoms with Crippen molar-refractivity contribution in [3.05, 3.63) is 65.2 Å². The van der Waals surface area contributed by atoms with Crippen molar-refractivity contribution in [2.24, 2.45) is 5.92 Å². The monoisotopic (exact) mass is 365 g/mol. The Balaban J connectivity index is 1.61. The largest absolute Gasteiger partial charge is 0.352 e. The summed E-state index contributed by atoms with van der Waals surface area (Å²) in [5.41, 5.74) is 4.32. The van der Waals surface area contributed by atoms with E-state index < -0.39 is 0 Å². The van der Waals surface area contributed by atoms with Crippen molar-refractivity contribution in [1.29, 1.82) is 0 Å². The van der Waals surface area contributed by atoms with Crippen LogP contribution in [0.5, 0.6) is 0 Å². The Bertz CT molecular complexity index is 815. The van der Waals surface area contributed by atoms with Crippen LogP contribution in [0.3, 0.4) is 0 Å². The topological polar surface area (TPSA) is 52.7 Å². The van der Waals surface area contributed by atoms with Crippen LogP contribution >= 0.6 is 0 Å². The predicted octanol–water partition coefficient (Wildman–Crippen LogP) is 2.73. The van der Waals surface area contributed by atoms with Crippen LogP contribution in [-0.2, 0) is 22.7 Å². The first-order valence-electron chi connectivity index (χ1n) is 9.30. The Morgan fingerprint density at radius 2 is 1.78 bits per heavy atom. The lowest BCUT2D eigenvalue weighted by Crippen LogP contribution is -2.33. The average molecular weight is 365 g/mol. The summed E-state index contributed by atoms with van der Waals surface area (Å²) >= 11 is 0. The molecule has 27 heavy (non-hydrogen) atoms. The first-order valence-corrected chi connectivity index (χ1v) is 9.30. The van der Waals surface area contributed by atoms with Crippen molar-refractivity contribution in [3.8, 4) is 0 Å². The lowest BCUT2D eigenvalue weighted by Gasteiger charge is -2.17. The van der Waals surface area contributed by atoms with Gasteiger partial charge in [-0.3, -0.25) is 9.59 Å². The van der Waals surface area contributed by atoms with E-state index in [1.165, 1.54) is 5.56 Å². The van der Waals surface area contributed by atoms with Crippen molar-refractivity contribution < 1.29 is 9.59 Å². The molecule has 0 unspecified atom stereocenters. The van der Waals surface area contributed by atoms with E-state index in [9.17, 15) is 9.59 Å². The third-order valence-electron chi connectivity index (χ3n) is 4.90. The van der Waals surface area contributed by atoms with Crippen molar-refractivity contribution >= 4 is 17.5 Å². The van der Waals surface area contributed by atoms with Gasteiger partial charge in [-0.25, -0.2) is 0 Å². The summed E-state index contributed by atoms with van der Waals surface area (Å²) < 4.78 is 0. The van der Waals surface area contributed by atoms with Gasteiger partial charge in [0.1, 0.15) is 0 Å². The Hall–Kier alpha value is -2.66. The number of aryl methyl sites for hydroxylation is 1. The summed E-state index contributed by atoms with van der Waals surface area (Å²) in [5.74, 6) is -0.357. The van der Waals surface area contributed by atoms with Gasteiger partial charge in [-0.1, -0.05) is 42.0 Å². The second-order valence-corrected chi connectivity index (χ2v) is 7.47. The summed E-state index contributed by atoms with van der Waals surface area (Å²) in [6.07, 6.45) is 0.263. The van der Waals surface area contributed by atoms with Crippen LogP contribution < -0.4 is 10.2 Å². The fourth-order valence-electron chi connectivity index (χ4n) is 3.41. The van der Waals surface area contributed by atoms with E-state index in [2.05, 4.69) is 16.3 Å². The minimum Gasteiger partial charge on any atom is -0.352 e. The molecule has 0 radical (unpaired) electrons. The van der Waals surface area contributed by atoms with Gasteiger partial charge in [-0.15, -0.1) is 0 Å². The van der Waals surface area contributed by atoms with Crippen LogP contribution in [0.25, 0.3) is 0 Å². The van der Waals surface area contributed by atoms with Gasteiger partial charge in [0.15, 0.2) is 0 Å². The molecule has 0 aliphatic carbocycles. The number of carbonyl (C=O) groups excluding carboxylic acids is 2. The smallest absolute Gasteiger partial charge is 0.227 e. The normalized spacial score (nSPS) is 16.8. The highest BCUT2D eigenvalue weighted by Crippen LogP contribution is 2.25. The van der Waals surface area contributed by atoms with Gasteiger partial charge in [-0.05, 0) is 44.3 Å². The molecule has 5 heteroatoms. The Labute approximate surface area is 161 Å². The highest BCUT2D eigenvalue weighted by molar-refractivity contribution is 6.00. The highest BCUT2D eigenvalue weighted by atomic mass is 16.2. The number of hydrogen-bond donors (Lipinski definition) is 1. The SMILES string of the molecule is Cc1ccc(N2C[C@H](C(=O)NCc3ccccc3CN(C)C)CC2=O)cc1. The van der Waals surface area contributed by atoms with Gasteiger partial charge < -0.3 is 15.1 Å². The zero-order valence-corrected chi connectivity index (χ0v) is 16.2. The van der Waals surface area contributed by atoms with Gasteiger partial charge in [-0.2, -0.15) is 0 Å². The maximum absolute atomic E-state index is 12.6. The number of anilines is 1. The molecule has 142 valence electrons. The molecule has 5 nitrogen and oxygen atoms in total. The maximum atomic E-state index is 12.6. The molecular formula is C22H27N3O2. The second-order valence-electron chi connectivity index (χ2n) is 7.47. The van der Waals surface area contributed by atoms with Gasteiger partial charge in [0.05, 0.1) is 5.92 Å². The number of nitrogens with one attached hydrogen (secondary N) is 1. The van der Waals surface area contributed by atoms with Crippen LogP contribution in [0.1, 0.15) is 23.1 Å². The molecule has 1 saturated heterocycles. The summed E-state index contributed by atoms with van der Waals surface area (Å²) in [5, 5.41) is 3.02. The molecular weight excluding hydrogens is 338 g/mol.